The summed E-state index contributed by atoms with van der Waals surface area (Å²) in [5.41, 5.74) is -2.65. The molecule has 0 amide bonds. The third-order valence-electron chi connectivity index (χ3n) is 7.17. The van der Waals surface area contributed by atoms with Crippen LogP contribution in [0.2, 0.25) is 0 Å². The highest BCUT2D eigenvalue weighted by Gasteiger charge is 2.45. The standard InChI is InChI=1S/C30H20O13/c31-12-7-17(36)21-20(8-12)42-28(10-1-3-13(32)15(34)5-10)24(25(21)39)22-18(37)9-19(38)23-26(40)27(41)29(43-30(22)23)11-2-4-14(33)16(35)6-11/h1-9,24,28,31-38,41H/t24-,28+/m1/s1. The van der Waals surface area contributed by atoms with Crippen LogP contribution in [-0.4, -0.2) is 51.7 Å². The zero-order valence-corrected chi connectivity index (χ0v) is 21.5. The van der Waals surface area contributed by atoms with E-state index in [1.54, 1.807) is 0 Å². The number of ketones is 1. The van der Waals surface area contributed by atoms with Crippen molar-refractivity contribution in [1.29, 1.82) is 0 Å². The van der Waals surface area contributed by atoms with E-state index in [4.69, 9.17) is 9.15 Å². The molecule has 0 radical (unpaired) electrons. The molecule has 13 heteroatoms. The molecule has 0 unspecified atom stereocenters. The molecule has 5 aromatic rings. The summed E-state index contributed by atoms with van der Waals surface area (Å²) in [6.07, 6.45) is -1.47. The van der Waals surface area contributed by atoms with Gasteiger partial charge in [-0.3, -0.25) is 9.59 Å². The van der Waals surface area contributed by atoms with E-state index in [1.807, 2.05) is 0 Å². The summed E-state index contributed by atoms with van der Waals surface area (Å²) in [5, 5.41) is 92.2. The number of aromatic hydroxyl groups is 9. The predicted octanol–water partition coefficient (Wildman–Crippen LogP) is 3.91. The van der Waals surface area contributed by atoms with Gasteiger partial charge in [0.2, 0.25) is 11.2 Å². The largest absolute Gasteiger partial charge is 0.508 e. The van der Waals surface area contributed by atoms with E-state index in [0.717, 1.165) is 42.5 Å². The first kappa shape index (κ1) is 27.0. The summed E-state index contributed by atoms with van der Waals surface area (Å²) in [6.45, 7) is 0. The topological polar surface area (TPSA) is 239 Å². The van der Waals surface area contributed by atoms with E-state index in [-0.39, 0.29) is 16.9 Å². The van der Waals surface area contributed by atoms with Crippen LogP contribution in [0.25, 0.3) is 22.3 Å². The van der Waals surface area contributed by atoms with Crippen molar-refractivity contribution in [3.63, 3.8) is 0 Å². The molecule has 0 aliphatic carbocycles. The number of benzene rings is 4. The van der Waals surface area contributed by atoms with Crippen molar-refractivity contribution in [3.05, 3.63) is 81.5 Å². The van der Waals surface area contributed by atoms with Gasteiger partial charge in [-0.1, -0.05) is 6.07 Å². The maximum atomic E-state index is 14.1. The van der Waals surface area contributed by atoms with Gasteiger partial charge in [-0.2, -0.15) is 0 Å². The van der Waals surface area contributed by atoms with Crippen molar-refractivity contribution in [2.45, 2.75) is 12.0 Å². The number of ether oxygens (including phenoxy) is 1. The van der Waals surface area contributed by atoms with E-state index < -0.39 is 103 Å². The van der Waals surface area contributed by atoms with Crippen LogP contribution < -0.4 is 10.2 Å². The Morgan fingerprint density at radius 2 is 1.30 bits per heavy atom. The van der Waals surface area contributed by atoms with Crippen LogP contribution in [0.3, 0.4) is 0 Å². The molecule has 0 saturated carbocycles. The summed E-state index contributed by atoms with van der Waals surface area (Å²) in [6, 6.07) is 9.36. The Kier molecular flexibility index (Phi) is 5.90. The first-order chi connectivity index (χ1) is 20.4. The SMILES string of the molecule is O=C1c2c(O)cc(O)cc2O[C@@H](c2ccc(O)c(O)c2)[C@@H]1c1c(O)cc(O)c2c(=O)c(O)c(-c3ccc(O)c(O)c3)oc12. The fraction of sp³-hybridized carbons (Fsp3) is 0.0667. The molecule has 13 nitrogen and oxygen atoms in total. The van der Waals surface area contributed by atoms with Gasteiger partial charge >= 0.3 is 0 Å². The number of rotatable bonds is 3. The molecule has 6 rings (SSSR count). The van der Waals surface area contributed by atoms with Crippen LogP contribution >= 0.6 is 0 Å². The van der Waals surface area contributed by atoms with E-state index in [0.29, 0.717) is 0 Å². The first-order valence-corrected chi connectivity index (χ1v) is 12.4. The number of fused-ring (bicyclic) bond motifs is 2. The zero-order chi connectivity index (χ0) is 30.9. The minimum atomic E-state index is -1.68. The number of carbonyl (C=O) groups excluding carboxylic acids is 1. The lowest BCUT2D eigenvalue weighted by atomic mass is 9.79. The van der Waals surface area contributed by atoms with Gasteiger partial charge in [0.1, 0.15) is 45.8 Å². The van der Waals surface area contributed by atoms with Crippen LogP contribution in [0, 0.1) is 0 Å². The van der Waals surface area contributed by atoms with Crippen molar-refractivity contribution in [2.24, 2.45) is 0 Å². The Morgan fingerprint density at radius 3 is 1.98 bits per heavy atom. The Bertz CT molecular complexity index is 2060. The second-order valence-corrected chi connectivity index (χ2v) is 9.81. The third-order valence-corrected chi connectivity index (χ3v) is 7.17. The van der Waals surface area contributed by atoms with Crippen LogP contribution in [0.1, 0.15) is 33.5 Å². The second kappa shape index (κ2) is 9.41. The van der Waals surface area contributed by atoms with E-state index in [2.05, 4.69) is 0 Å². The highest BCUT2D eigenvalue weighted by Crippen LogP contribution is 2.53. The van der Waals surface area contributed by atoms with E-state index >= 15 is 0 Å². The number of hydrogen-bond acceptors (Lipinski definition) is 13. The van der Waals surface area contributed by atoms with Gasteiger partial charge in [0.15, 0.2) is 40.1 Å². The number of phenols is 8. The van der Waals surface area contributed by atoms with E-state index in [9.17, 15) is 55.5 Å². The van der Waals surface area contributed by atoms with Crippen LogP contribution in [0.5, 0.6) is 57.5 Å². The van der Waals surface area contributed by atoms with Gasteiger partial charge in [0, 0.05) is 23.8 Å². The number of phenolic OH excluding ortho intramolecular Hbond substituents is 8. The molecule has 1 aromatic heterocycles. The van der Waals surface area contributed by atoms with Gasteiger partial charge < -0.3 is 55.1 Å². The summed E-state index contributed by atoms with van der Waals surface area (Å²) in [5.74, 6) is -9.37. The summed E-state index contributed by atoms with van der Waals surface area (Å²) < 4.78 is 11.9. The zero-order valence-electron chi connectivity index (χ0n) is 21.5. The smallest absolute Gasteiger partial charge is 0.238 e. The van der Waals surface area contributed by atoms with Gasteiger partial charge in [-0.05, 0) is 35.9 Å². The molecule has 2 atom stereocenters. The van der Waals surface area contributed by atoms with Gasteiger partial charge in [0.25, 0.3) is 0 Å². The van der Waals surface area contributed by atoms with Crippen LogP contribution in [0.15, 0.2) is 63.8 Å². The molecular formula is C30H20O13. The fourth-order valence-corrected chi connectivity index (χ4v) is 5.19. The minimum Gasteiger partial charge on any atom is -0.508 e. The van der Waals surface area contributed by atoms with Gasteiger partial charge in [-0.15, -0.1) is 0 Å². The van der Waals surface area contributed by atoms with Gasteiger partial charge in [0.05, 0.1) is 11.5 Å². The van der Waals surface area contributed by atoms with Crippen molar-refractivity contribution >= 4 is 16.8 Å². The van der Waals surface area contributed by atoms with Crippen molar-refractivity contribution in [3.8, 4) is 68.8 Å². The van der Waals surface area contributed by atoms with Crippen molar-refractivity contribution in [2.75, 3.05) is 0 Å². The number of hydrogen-bond donors (Lipinski definition) is 9. The molecule has 0 fully saturated rings. The summed E-state index contributed by atoms with van der Waals surface area (Å²) in [7, 11) is 0. The molecule has 218 valence electrons. The molecule has 0 saturated heterocycles. The van der Waals surface area contributed by atoms with Crippen molar-refractivity contribution < 1.29 is 59.9 Å². The lowest BCUT2D eigenvalue weighted by Gasteiger charge is -2.34. The van der Waals surface area contributed by atoms with Gasteiger partial charge in [-0.25, -0.2) is 0 Å². The fourth-order valence-electron chi connectivity index (χ4n) is 5.19. The molecule has 4 aromatic carbocycles. The highest BCUT2D eigenvalue weighted by atomic mass is 16.5. The Hall–Kier alpha value is -6.24. The molecule has 2 heterocycles. The predicted molar refractivity (Wildman–Crippen MR) is 146 cm³/mol. The lowest BCUT2D eigenvalue weighted by Crippen LogP contribution is -2.30. The summed E-state index contributed by atoms with van der Waals surface area (Å²) in [4.78, 5) is 27.5. The monoisotopic (exact) mass is 588 g/mol. The quantitative estimate of drug-likeness (QED) is 0.136. The van der Waals surface area contributed by atoms with E-state index in [1.165, 1.54) is 12.1 Å². The molecule has 1 aliphatic rings. The number of Topliss-reactive ketones (excluding diaryl/α,β-unsaturated/α-hetero) is 1. The highest BCUT2D eigenvalue weighted by molar-refractivity contribution is 6.09. The third kappa shape index (κ3) is 4.10. The molecule has 43 heavy (non-hydrogen) atoms. The molecule has 9 N–H and O–H groups in total. The average Bonchev–Trinajstić information content (AvgIpc) is 2.93. The normalized spacial score (nSPS) is 16.1. The maximum absolute atomic E-state index is 14.1. The maximum Gasteiger partial charge on any atom is 0.238 e. The minimum absolute atomic E-state index is 0.0626. The Morgan fingerprint density at radius 1 is 0.628 bits per heavy atom. The Balaban J connectivity index is 1.70. The lowest BCUT2D eigenvalue weighted by molar-refractivity contribution is 0.0772. The molecule has 0 spiro atoms. The first-order valence-electron chi connectivity index (χ1n) is 12.4. The average molecular weight is 588 g/mol. The molecule has 0 bridgehead atoms. The summed E-state index contributed by atoms with van der Waals surface area (Å²) >= 11 is 0. The second-order valence-electron chi connectivity index (χ2n) is 9.81. The molecule has 1 aliphatic heterocycles. The van der Waals surface area contributed by atoms with Crippen LogP contribution in [0.4, 0.5) is 0 Å². The van der Waals surface area contributed by atoms with Crippen LogP contribution in [-0.2, 0) is 0 Å². The Labute approximate surface area is 239 Å². The molecular weight excluding hydrogens is 568 g/mol. The van der Waals surface area contributed by atoms with Crippen molar-refractivity contribution in [1.82, 2.24) is 0 Å². The number of carbonyl (C=O) groups is 1.